The molecule has 1 fully saturated rings. The maximum atomic E-state index is 11.4. The van der Waals surface area contributed by atoms with Gasteiger partial charge in [-0.05, 0) is 39.0 Å². The number of non-ortho nitro benzene ring substituents is 3. The van der Waals surface area contributed by atoms with Crippen molar-refractivity contribution in [3.8, 4) is 0 Å². The number of hydrogen-bond acceptors (Lipinski definition) is 15. The average Bonchev–Trinajstić information content (AvgIpc) is 3.72. The minimum Gasteiger partial charge on any atom is -0.307 e. The first kappa shape index (κ1) is 28.7. The zero-order valence-electron chi connectivity index (χ0n) is 23.6. The molecule has 6 aromatic rings. The van der Waals surface area contributed by atoms with Crippen LogP contribution in [-0.4, -0.2) is 48.2 Å². The fourth-order valence-corrected chi connectivity index (χ4v) is 9.12. The molecule has 0 unspecified atom stereocenters. The molecule has 3 aromatic heterocycles. The van der Waals surface area contributed by atoms with Gasteiger partial charge in [-0.2, -0.15) is 0 Å². The number of aromatic nitrogens is 3. The summed E-state index contributed by atoms with van der Waals surface area (Å²) in [7, 11) is 0. The van der Waals surface area contributed by atoms with E-state index in [1.807, 2.05) is 20.8 Å². The van der Waals surface area contributed by atoms with Gasteiger partial charge in [0.05, 0.1) is 45.4 Å². The van der Waals surface area contributed by atoms with E-state index < -0.39 is 14.8 Å². The number of benzene rings is 3. The van der Waals surface area contributed by atoms with Crippen LogP contribution in [0.1, 0.15) is 20.8 Å². The minimum absolute atomic E-state index is 0.0264. The Bertz CT molecular complexity index is 1930. The molecule has 18 heteroatoms. The molecule has 4 heterocycles. The minimum atomic E-state index is -0.439. The van der Waals surface area contributed by atoms with Gasteiger partial charge in [-0.25, -0.2) is 15.0 Å². The van der Waals surface area contributed by atoms with Crippen LogP contribution in [0.25, 0.3) is 30.6 Å². The Labute approximate surface area is 265 Å². The van der Waals surface area contributed by atoms with Crippen molar-refractivity contribution in [2.45, 2.75) is 39.3 Å². The Balaban J connectivity index is 1.38. The van der Waals surface area contributed by atoms with Crippen molar-refractivity contribution < 1.29 is 14.8 Å². The number of nitrogens with zero attached hydrogens (tertiary/aromatic N) is 9. The first-order valence-corrected chi connectivity index (χ1v) is 15.9. The fraction of sp³-hybridized carbons (Fsp3) is 0.222. The van der Waals surface area contributed by atoms with Crippen LogP contribution in [-0.2, 0) is 0 Å². The molecular formula is C27H21N9O6S3. The Morgan fingerprint density at radius 3 is 1.04 bits per heavy atom. The van der Waals surface area contributed by atoms with E-state index in [1.54, 1.807) is 18.2 Å². The summed E-state index contributed by atoms with van der Waals surface area (Å²) in [4.78, 5) is 53.8. The lowest BCUT2D eigenvalue weighted by Gasteiger charge is -2.55. The van der Waals surface area contributed by atoms with Gasteiger partial charge in [-0.15, -0.1) is 0 Å². The van der Waals surface area contributed by atoms with Gasteiger partial charge in [0, 0.05) is 36.4 Å². The number of fused-ring (bicyclic) bond motifs is 3. The summed E-state index contributed by atoms with van der Waals surface area (Å²) in [5, 5.41) is 36.2. The predicted molar refractivity (Wildman–Crippen MR) is 175 cm³/mol. The summed E-state index contributed by atoms with van der Waals surface area (Å²) in [6.45, 7) is 6.03. The molecule has 0 saturated carbocycles. The average molecular weight is 664 g/mol. The van der Waals surface area contributed by atoms with E-state index in [0.717, 1.165) is 0 Å². The van der Waals surface area contributed by atoms with Crippen LogP contribution < -0.4 is 14.7 Å². The van der Waals surface area contributed by atoms with Gasteiger partial charge in [-0.3, -0.25) is 30.3 Å². The lowest BCUT2D eigenvalue weighted by Crippen LogP contribution is -2.69. The Morgan fingerprint density at radius 1 is 0.533 bits per heavy atom. The van der Waals surface area contributed by atoms with E-state index in [-0.39, 0.29) is 35.6 Å². The summed E-state index contributed by atoms with van der Waals surface area (Å²) >= 11 is 4.00. The van der Waals surface area contributed by atoms with Crippen LogP contribution in [0.15, 0.2) is 54.6 Å². The van der Waals surface area contributed by atoms with Crippen molar-refractivity contribution in [3.63, 3.8) is 0 Å². The molecule has 0 amide bonds. The maximum absolute atomic E-state index is 11.4. The molecule has 3 aromatic carbocycles. The number of anilines is 3. The van der Waals surface area contributed by atoms with Crippen LogP contribution >= 0.6 is 34.0 Å². The standard InChI is InChI=1S/C27H21N9O6S3/c1-13-31(25-28-19-7-4-16(34(37)38)10-22(19)43-25)14(2)33(27-30-21-9-6-18(36(41)42)12-24(21)45-27)15(3)32(13)26-29-20-8-5-17(35(39)40)11-23(20)44-26/h4-15H,1-3H3. The summed E-state index contributed by atoms with van der Waals surface area (Å²) in [6.07, 6.45) is -0.978. The molecule has 0 N–H and O–H groups in total. The molecular weight excluding hydrogens is 643 g/mol. The Hall–Kier alpha value is -5.07. The van der Waals surface area contributed by atoms with Crippen molar-refractivity contribution >= 4 is 97.1 Å². The largest absolute Gasteiger partial charge is 0.307 e. The molecule has 0 atom stereocenters. The first-order valence-electron chi connectivity index (χ1n) is 13.5. The highest BCUT2D eigenvalue weighted by atomic mass is 32.1. The smallest absolute Gasteiger partial charge is 0.270 e. The molecule has 1 saturated heterocycles. The molecule has 45 heavy (non-hydrogen) atoms. The second-order valence-corrected chi connectivity index (χ2v) is 13.4. The van der Waals surface area contributed by atoms with Crippen molar-refractivity contribution in [1.29, 1.82) is 0 Å². The topological polar surface area (TPSA) is 178 Å². The highest BCUT2D eigenvalue weighted by Crippen LogP contribution is 2.44. The lowest BCUT2D eigenvalue weighted by molar-refractivity contribution is -0.384. The van der Waals surface area contributed by atoms with E-state index in [4.69, 9.17) is 15.0 Å². The first-order chi connectivity index (χ1) is 21.5. The summed E-state index contributed by atoms with van der Waals surface area (Å²) in [5.41, 5.74) is 1.79. The van der Waals surface area contributed by atoms with Crippen molar-refractivity contribution in [2.24, 2.45) is 0 Å². The molecule has 0 aliphatic carbocycles. The monoisotopic (exact) mass is 663 g/mol. The van der Waals surface area contributed by atoms with Gasteiger partial charge >= 0.3 is 0 Å². The van der Waals surface area contributed by atoms with E-state index in [9.17, 15) is 30.3 Å². The van der Waals surface area contributed by atoms with Crippen molar-refractivity contribution in [3.05, 3.63) is 84.9 Å². The molecule has 0 bridgehead atoms. The number of nitro groups is 3. The SMILES string of the molecule is CC1N(c2nc3ccc([N+](=O)[O-])cc3s2)C(C)N(c2nc3ccc([N+](=O)[O-])cc3s2)C(C)N1c1nc2ccc([N+](=O)[O-])cc2s1. The molecule has 0 spiro atoms. The van der Waals surface area contributed by atoms with Crippen LogP contribution in [0.5, 0.6) is 0 Å². The van der Waals surface area contributed by atoms with Crippen molar-refractivity contribution in [1.82, 2.24) is 15.0 Å². The van der Waals surface area contributed by atoms with Gasteiger partial charge < -0.3 is 14.7 Å². The van der Waals surface area contributed by atoms with Crippen LogP contribution in [0.3, 0.4) is 0 Å². The Morgan fingerprint density at radius 2 is 0.800 bits per heavy atom. The summed E-state index contributed by atoms with van der Waals surface area (Å²) < 4.78 is 1.99. The normalized spacial score (nSPS) is 18.7. The molecule has 228 valence electrons. The molecule has 1 aliphatic rings. The number of nitro benzene ring substituents is 3. The summed E-state index contributed by atoms with van der Waals surface area (Å²) in [6, 6.07) is 13.7. The zero-order chi connectivity index (χ0) is 31.7. The fourth-order valence-electron chi connectivity index (χ4n) is 5.67. The van der Waals surface area contributed by atoms with Gasteiger partial charge in [0.2, 0.25) is 0 Å². The number of hydrogen-bond donors (Lipinski definition) is 0. The quantitative estimate of drug-likeness (QED) is 0.130. The highest BCUT2D eigenvalue weighted by Gasteiger charge is 2.44. The van der Waals surface area contributed by atoms with Crippen LogP contribution in [0.4, 0.5) is 32.5 Å². The molecule has 15 nitrogen and oxygen atoms in total. The second kappa shape index (κ2) is 10.5. The lowest BCUT2D eigenvalue weighted by atomic mass is 10.2. The second-order valence-electron chi connectivity index (χ2n) is 10.3. The van der Waals surface area contributed by atoms with Gasteiger partial charge in [0.1, 0.15) is 18.5 Å². The van der Waals surface area contributed by atoms with Gasteiger partial charge in [0.25, 0.3) is 17.1 Å². The summed E-state index contributed by atoms with van der Waals surface area (Å²) in [5.74, 6) is 0. The third-order valence-electron chi connectivity index (χ3n) is 7.79. The van der Waals surface area contributed by atoms with E-state index >= 15 is 0 Å². The third-order valence-corrected chi connectivity index (χ3v) is 10.9. The predicted octanol–water partition coefficient (Wildman–Crippen LogP) is 7.11. The number of rotatable bonds is 6. The van der Waals surface area contributed by atoms with Crippen LogP contribution in [0.2, 0.25) is 0 Å². The van der Waals surface area contributed by atoms with Gasteiger partial charge in [0.15, 0.2) is 15.4 Å². The van der Waals surface area contributed by atoms with Crippen LogP contribution in [0, 0.1) is 30.3 Å². The maximum Gasteiger partial charge on any atom is 0.270 e. The Kier molecular flexibility index (Phi) is 6.71. The zero-order valence-corrected chi connectivity index (χ0v) is 26.1. The highest BCUT2D eigenvalue weighted by molar-refractivity contribution is 7.23. The van der Waals surface area contributed by atoms with E-state index in [0.29, 0.717) is 46.0 Å². The molecule has 0 radical (unpaired) electrons. The third kappa shape index (κ3) is 4.73. The van der Waals surface area contributed by atoms with E-state index in [2.05, 4.69) is 14.7 Å². The number of thiazole rings is 3. The van der Waals surface area contributed by atoms with E-state index in [1.165, 1.54) is 70.4 Å². The molecule has 7 rings (SSSR count). The van der Waals surface area contributed by atoms with Crippen molar-refractivity contribution in [2.75, 3.05) is 14.7 Å². The van der Waals surface area contributed by atoms with Gasteiger partial charge in [-0.1, -0.05) is 34.0 Å². The molecule has 1 aliphatic heterocycles.